The van der Waals surface area contributed by atoms with Crippen molar-refractivity contribution < 1.29 is 14.3 Å². The van der Waals surface area contributed by atoms with E-state index in [1.54, 1.807) is 30.5 Å². The summed E-state index contributed by atoms with van der Waals surface area (Å²) in [5, 5.41) is 7.82. The van der Waals surface area contributed by atoms with E-state index in [1.807, 2.05) is 36.5 Å². The van der Waals surface area contributed by atoms with Gasteiger partial charge >= 0.3 is 0 Å². The summed E-state index contributed by atoms with van der Waals surface area (Å²) < 4.78 is 6.25. The fourth-order valence-corrected chi connectivity index (χ4v) is 3.83. The Morgan fingerprint density at radius 2 is 1.77 bits per heavy atom. The van der Waals surface area contributed by atoms with Crippen LogP contribution in [-0.4, -0.2) is 35.5 Å². The van der Waals surface area contributed by atoms with Crippen LogP contribution in [0.5, 0.6) is 5.75 Å². The number of aromatic nitrogens is 1. The van der Waals surface area contributed by atoms with Crippen molar-refractivity contribution in [2.45, 2.75) is 37.8 Å². The molecule has 1 aliphatic carbocycles. The highest BCUT2D eigenvalue weighted by Gasteiger charge is 2.24. The largest absolute Gasteiger partial charge is 0.490 e. The molecule has 1 fully saturated rings. The number of benzene rings is 2. The van der Waals surface area contributed by atoms with Gasteiger partial charge in [-0.1, -0.05) is 30.3 Å². The fraction of sp³-hybridized carbons (Fsp3) is 0.292. The van der Waals surface area contributed by atoms with Crippen LogP contribution in [0.1, 0.15) is 36.0 Å². The minimum atomic E-state index is -0.242. The molecule has 4 rings (SSSR count). The van der Waals surface area contributed by atoms with Gasteiger partial charge in [0.15, 0.2) is 0 Å². The van der Waals surface area contributed by atoms with Crippen LogP contribution in [0.2, 0.25) is 0 Å². The molecule has 0 spiro atoms. The van der Waals surface area contributed by atoms with Crippen LogP contribution in [0.4, 0.5) is 0 Å². The third-order valence-corrected chi connectivity index (χ3v) is 5.42. The van der Waals surface area contributed by atoms with Gasteiger partial charge in [-0.15, -0.1) is 0 Å². The minimum absolute atomic E-state index is 0.0196. The smallest absolute Gasteiger partial charge is 0.251 e. The highest BCUT2D eigenvalue weighted by atomic mass is 16.5. The lowest BCUT2D eigenvalue weighted by atomic mass is 9.93. The Balaban J connectivity index is 1.22. The molecule has 1 aliphatic rings. The first kappa shape index (κ1) is 19.9. The maximum Gasteiger partial charge on any atom is 0.251 e. The topological polar surface area (TPSA) is 80.3 Å². The second kappa shape index (κ2) is 9.39. The summed E-state index contributed by atoms with van der Waals surface area (Å²) in [5.41, 5.74) is 0.548. The van der Waals surface area contributed by atoms with Crippen LogP contribution < -0.4 is 15.4 Å². The molecule has 0 atom stereocenters. The van der Waals surface area contributed by atoms with E-state index < -0.39 is 0 Å². The van der Waals surface area contributed by atoms with Crippen molar-refractivity contribution in [2.24, 2.45) is 0 Å². The molecule has 1 saturated carbocycles. The molecule has 154 valence electrons. The Hall–Kier alpha value is -3.41. The van der Waals surface area contributed by atoms with Gasteiger partial charge < -0.3 is 15.4 Å². The molecule has 0 saturated heterocycles. The molecule has 3 aromatic rings. The highest BCUT2D eigenvalue weighted by Crippen LogP contribution is 2.29. The van der Waals surface area contributed by atoms with Crippen LogP contribution >= 0.6 is 0 Å². The van der Waals surface area contributed by atoms with Gasteiger partial charge in [0.2, 0.25) is 5.91 Å². The number of hydrogen-bond acceptors (Lipinski definition) is 4. The molecule has 30 heavy (non-hydrogen) atoms. The lowest BCUT2D eigenvalue weighted by Gasteiger charge is -2.30. The fourth-order valence-electron chi connectivity index (χ4n) is 3.83. The molecule has 0 unspecified atom stereocenters. The molecular formula is C24H25N3O3. The monoisotopic (exact) mass is 403 g/mol. The summed E-state index contributed by atoms with van der Waals surface area (Å²) in [6, 6.07) is 17.0. The van der Waals surface area contributed by atoms with Gasteiger partial charge in [-0.05, 0) is 49.9 Å². The van der Waals surface area contributed by atoms with E-state index >= 15 is 0 Å². The average Bonchev–Trinajstić information content (AvgIpc) is 2.79. The quantitative estimate of drug-likeness (QED) is 0.660. The number of carbonyl (C=O) groups excluding carboxylic acids is 2. The number of nitrogens with zero attached hydrogens (tertiary/aromatic N) is 1. The lowest BCUT2D eigenvalue weighted by Crippen LogP contribution is -2.44. The van der Waals surface area contributed by atoms with Gasteiger partial charge in [0.25, 0.3) is 5.91 Å². The van der Waals surface area contributed by atoms with Crippen LogP contribution in [-0.2, 0) is 4.79 Å². The first-order valence-electron chi connectivity index (χ1n) is 10.3. The van der Waals surface area contributed by atoms with Gasteiger partial charge in [-0.25, -0.2) is 0 Å². The molecule has 0 bridgehead atoms. The van der Waals surface area contributed by atoms with Crippen LogP contribution in [0, 0.1) is 0 Å². The predicted octanol–water partition coefficient (Wildman–Crippen LogP) is 3.47. The van der Waals surface area contributed by atoms with Gasteiger partial charge in [0.1, 0.15) is 5.75 Å². The molecule has 2 N–H and O–H groups in total. The third kappa shape index (κ3) is 4.95. The number of rotatable bonds is 6. The number of carbonyl (C=O) groups is 2. The molecule has 6 heteroatoms. The zero-order valence-corrected chi connectivity index (χ0v) is 16.7. The summed E-state index contributed by atoms with van der Waals surface area (Å²) in [7, 11) is 0. The first-order valence-corrected chi connectivity index (χ1v) is 10.3. The van der Waals surface area contributed by atoms with E-state index in [4.69, 9.17) is 4.74 Å². The third-order valence-electron chi connectivity index (χ3n) is 5.42. The van der Waals surface area contributed by atoms with E-state index in [2.05, 4.69) is 15.6 Å². The molecule has 0 aliphatic heterocycles. The van der Waals surface area contributed by atoms with Crippen LogP contribution in [0.15, 0.2) is 67.0 Å². The van der Waals surface area contributed by atoms with Crippen molar-refractivity contribution in [2.75, 3.05) is 6.54 Å². The number of nitrogens with one attached hydrogen (secondary N) is 2. The van der Waals surface area contributed by atoms with Crippen molar-refractivity contribution in [3.05, 3.63) is 72.6 Å². The zero-order chi connectivity index (χ0) is 20.8. The normalized spacial score (nSPS) is 18.5. The first-order chi connectivity index (χ1) is 14.7. The maximum atomic E-state index is 12.2. The molecular weight excluding hydrogens is 378 g/mol. The molecule has 2 aromatic carbocycles. The molecule has 1 aromatic heterocycles. The van der Waals surface area contributed by atoms with Gasteiger partial charge in [0, 0.05) is 34.8 Å². The number of amides is 2. The number of fused-ring (bicyclic) bond motifs is 1. The molecule has 2 amide bonds. The van der Waals surface area contributed by atoms with E-state index in [1.165, 1.54) is 0 Å². The van der Waals surface area contributed by atoms with E-state index in [0.717, 1.165) is 42.2 Å². The summed E-state index contributed by atoms with van der Waals surface area (Å²) >= 11 is 0. The van der Waals surface area contributed by atoms with Gasteiger partial charge in [-0.2, -0.15) is 0 Å². The SMILES string of the molecule is O=C(CNC(=O)c1ccccc1)NC1CCC(Oc2cccc3cnccc23)CC1. The van der Waals surface area contributed by atoms with Crippen molar-refractivity contribution >= 4 is 22.6 Å². The predicted molar refractivity (Wildman–Crippen MR) is 115 cm³/mol. The van der Waals surface area contributed by atoms with Crippen molar-refractivity contribution in [1.29, 1.82) is 0 Å². The number of pyridine rings is 1. The maximum absolute atomic E-state index is 12.2. The van der Waals surface area contributed by atoms with Gasteiger partial charge in [-0.3, -0.25) is 14.6 Å². The molecule has 0 radical (unpaired) electrons. The molecule has 1 heterocycles. The lowest BCUT2D eigenvalue weighted by molar-refractivity contribution is -0.121. The van der Waals surface area contributed by atoms with Gasteiger partial charge in [0.05, 0.1) is 12.6 Å². The van der Waals surface area contributed by atoms with Crippen molar-refractivity contribution in [1.82, 2.24) is 15.6 Å². The second-order valence-electron chi connectivity index (χ2n) is 7.56. The summed E-state index contributed by atoms with van der Waals surface area (Å²) in [6.07, 6.45) is 7.22. The average molecular weight is 403 g/mol. The Labute approximate surface area is 175 Å². The Morgan fingerprint density at radius 3 is 2.57 bits per heavy atom. The second-order valence-corrected chi connectivity index (χ2v) is 7.56. The van der Waals surface area contributed by atoms with Crippen LogP contribution in [0.25, 0.3) is 10.8 Å². The van der Waals surface area contributed by atoms with E-state index in [9.17, 15) is 9.59 Å². The van der Waals surface area contributed by atoms with E-state index in [-0.39, 0.29) is 30.5 Å². The number of ether oxygens (including phenoxy) is 1. The number of hydrogen-bond donors (Lipinski definition) is 2. The minimum Gasteiger partial charge on any atom is -0.490 e. The van der Waals surface area contributed by atoms with E-state index in [0.29, 0.717) is 5.56 Å². The zero-order valence-electron chi connectivity index (χ0n) is 16.7. The van der Waals surface area contributed by atoms with Crippen molar-refractivity contribution in [3.8, 4) is 5.75 Å². The summed E-state index contributed by atoms with van der Waals surface area (Å²) in [6.45, 7) is -0.0196. The molecule has 6 nitrogen and oxygen atoms in total. The Kier molecular flexibility index (Phi) is 6.23. The standard InChI is InChI=1S/C24H25N3O3/c28-23(16-26-24(29)17-5-2-1-3-6-17)27-19-9-11-20(12-10-19)30-22-8-4-7-18-15-25-14-13-21(18)22/h1-8,13-15,19-20H,9-12,16H2,(H,26,29)(H,27,28). The Morgan fingerprint density at radius 1 is 0.967 bits per heavy atom. The van der Waals surface area contributed by atoms with Crippen molar-refractivity contribution in [3.63, 3.8) is 0 Å². The van der Waals surface area contributed by atoms with Crippen LogP contribution in [0.3, 0.4) is 0 Å². The summed E-state index contributed by atoms with van der Waals surface area (Å²) in [4.78, 5) is 28.4. The Bertz CT molecular complexity index is 1010. The highest BCUT2D eigenvalue weighted by molar-refractivity contribution is 5.96. The summed E-state index contributed by atoms with van der Waals surface area (Å²) in [5.74, 6) is 0.476.